The zero-order valence-electron chi connectivity index (χ0n) is 12.8. The number of aryl methyl sites for hydroxylation is 1. The van der Waals surface area contributed by atoms with Gasteiger partial charge in [0.15, 0.2) is 0 Å². The molecular weight excluding hydrogens is 276 g/mol. The van der Waals surface area contributed by atoms with E-state index in [1.807, 2.05) is 61.5 Å². The number of benzene rings is 2. The fourth-order valence-corrected chi connectivity index (χ4v) is 2.26. The Hall–Kier alpha value is -2.62. The first-order chi connectivity index (χ1) is 10.5. The highest BCUT2D eigenvalue weighted by Gasteiger charge is 2.20. The van der Waals surface area contributed by atoms with Crippen molar-refractivity contribution in [3.8, 4) is 0 Å². The maximum atomic E-state index is 12.4. The molecule has 0 aliphatic carbocycles. The predicted octanol–water partition coefficient (Wildman–Crippen LogP) is 2.68. The summed E-state index contributed by atoms with van der Waals surface area (Å²) in [6.45, 7) is 3.38. The lowest BCUT2D eigenvalue weighted by atomic mass is 10.0. The van der Waals surface area contributed by atoms with Crippen molar-refractivity contribution >= 4 is 17.5 Å². The van der Waals surface area contributed by atoms with Gasteiger partial charge in [-0.15, -0.1) is 0 Å². The van der Waals surface area contributed by atoms with Crippen LogP contribution in [0.1, 0.15) is 18.1 Å². The Morgan fingerprint density at radius 2 is 1.77 bits per heavy atom. The van der Waals surface area contributed by atoms with E-state index < -0.39 is 6.04 Å². The van der Waals surface area contributed by atoms with Crippen LogP contribution in [-0.4, -0.2) is 17.9 Å². The standard InChI is InChI=1S/C18H20N2O2/c1-13-7-6-10-16(11-13)20-18(22)17(19-14(2)21)12-15-8-4-3-5-9-15/h3-11,17H,12H2,1-2H3,(H,19,21)(H,20,22). The zero-order valence-corrected chi connectivity index (χ0v) is 12.8. The minimum atomic E-state index is -0.597. The van der Waals surface area contributed by atoms with Gasteiger partial charge in [0.05, 0.1) is 0 Å². The molecule has 1 atom stereocenters. The molecule has 0 aromatic heterocycles. The smallest absolute Gasteiger partial charge is 0.247 e. The summed E-state index contributed by atoms with van der Waals surface area (Å²) in [7, 11) is 0. The summed E-state index contributed by atoms with van der Waals surface area (Å²) in [5.41, 5.74) is 2.80. The number of anilines is 1. The van der Waals surface area contributed by atoms with Crippen LogP contribution in [-0.2, 0) is 16.0 Å². The van der Waals surface area contributed by atoms with Crippen LogP contribution in [0.2, 0.25) is 0 Å². The summed E-state index contributed by atoms with van der Waals surface area (Å²) in [6.07, 6.45) is 0.456. The second-order valence-electron chi connectivity index (χ2n) is 5.30. The second-order valence-corrected chi connectivity index (χ2v) is 5.30. The lowest BCUT2D eigenvalue weighted by Crippen LogP contribution is -2.44. The third-order valence-electron chi connectivity index (χ3n) is 3.26. The molecule has 2 aromatic rings. The molecular formula is C18H20N2O2. The van der Waals surface area contributed by atoms with E-state index in [0.29, 0.717) is 6.42 Å². The van der Waals surface area contributed by atoms with E-state index in [0.717, 1.165) is 16.8 Å². The molecule has 2 aromatic carbocycles. The van der Waals surface area contributed by atoms with Crippen LogP contribution in [0.4, 0.5) is 5.69 Å². The largest absolute Gasteiger partial charge is 0.344 e. The zero-order chi connectivity index (χ0) is 15.9. The highest BCUT2D eigenvalue weighted by molar-refractivity contribution is 5.97. The molecule has 22 heavy (non-hydrogen) atoms. The van der Waals surface area contributed by atoms with E-state index in [1.54, 1.807) is 0 Å². The number of carbonyl (C=O) groups excluding carboxylic acids is 2. The van der Waals surface area contributed by atoms with Crippen molar-refractivity contribution in [2.45, 2.75) is 26.3 Å². The molecule has 114 valence electrons. The SMILES string of the molecule is CC(=O)NC(Cc1ccccc1)C(=O)Nc1cccc(C)c1. The summed E-state index contributed by atoms with van der Waals surface area (Å²) < 4.78 is 0. The first-order valence-electron chi connectivity index (χ1n) is 7.23. The summed E-state index contributed by atoms with van der Waals surface area (Å²) >= 11 is 0. The van der Waals surface area contributed by atoms with Gasteiger partial charge in [0.1, 0.15) is 6.04 Å². The number of hydrogen-bond acceptors (Lipinski definition) is 2. The van der Waals surface area contributed by atoms with E-state index in [1.165, 1.54) is 6.92 Å². The Balaban J connectivity index is 2.10. The van der Waals surface area contributed by atoms with Crippen LogP contribution < -0.4 is 10.6 Å². The number of nitrogens with one attached hydrogen (secondary N) is 2. The molecule has 0 heterocycles. The van der Waals surface area contributed by atoms with Gasteiger partial charge >= 0.3 is 0 Å². The Kier molecular flexibility index (Phi) is 5.31. The number of amides is 2. The molecule has 0 radical (unpaired) electrons. The lowest BCUT2D eigenvalue weighted by Gasteiger charge is -2.18. The van der Waals surface area contributed by atoms with Crippen LogP contribution in [0.3, 0.4) is 0 Å². The highest BCUT2D eigenvalue weighted by Crippen LogP contribution is 2.11. The summed E-state index contributed by atoms with van der Waals surface area (Å²) in [4.78, 5) is 23.8. The maximum Gasteiger partial charge on any atom is 0.247 e. The van der Waals surface area contributed by atoms with Gasteiger partial charge in [0, 0.05) is 19.0 Å². The summed E-state index contributed by atoms with van der Waals surface area (Å²) in [6, 6.07) is 16.6. The summed E-state index contributed by atoms with van der Waals surface area (Å²) in [5, 5.41) is 5.57. The average molecular weight is 296 g/mol. The predicted molar refractivity (Wildman–Crippen MR) is 87.6 cm³/mol. The molecule has 0 spiro atoms. The molecule has 0 fully saturated rings. The van der Waals surface area contributed by atoms with Crippen LogP contribution in [0.15, 0.2) is 54.6 Å². The molecule has 0 saturated carbocycles. The third-order valence-corrected chi connectivity index (χ3v) is 3.26. The molecule has 1 unspecified atom stereocenters. The molecule has 2 rings (SSSR count). The van der Waals surface area contributed by atoms with Gasteiger partial charge < -0.3 is 10.6 Å². The molecule has 0 saturated heterocycles. The molecule has 4 heteroatoms. The Labute approximate surface area is 130 Å². The molecule has 2 N–H and O–H groups in total. The van der Waals surface area contributed by atoms with Gasteiger partial charge in [0.2, 0.25) is 11.8 Å². The van der Waals surface area contributed by atoms with Crippen LogP contribution in [0, 0.1) is 6.92 Å². The quantitative estimate of drug-likeness (QED) is 0.891. The normalized spacial score (nSPS) is 11.5. The van der Waals surface area contributed by atoms with Gasteiger partial charge in [0.25, 0.3) is 0 Å². The van der Waals surface area contributed by atoms with E-state index in [4.69, 9.17) is 0 Å². The number of carbonyl (C=O) groups is 2. The minimum Gasteiger partial charge on any atom is -0.344 e. The fourth-order valence-electron chi connectivity index (χ4n) is 2.26. The maximum absolute atomic E-state index is 12.4. The Bertz CT molecular complexity index is 653. The molecule has 0 aliphatic rings. The average Bonchev–Trinajstić information content (AvgIpc) is 2.47. The van der Waals surface area contributed by atoms with Crippen molar-refractivity contribution in [2.75, 3.05) is 5.32 Å². The molecule has 0 aliphatic heterocycles. The van der Waals surface area contributed by atoms with Crippen molar-refractivity contribution in [1.29, 1.82) is 0 Å². The van der Waals surface area contributed by atoms with Crippen LogP contribution >= 0.6 is 0 Å². The van der Waals surface area contributed by atoms with Crippen molar-refractivity contribution in [2.24, 2.45) is 0 Å². The first-order valence-corrected chi connectivity index (χ1v) is 7.23. The molecule has 0 bridgehead atoms. The van der Waals surface area contributed by atoms with Crippen molar-refractivity contribution < 1.29 is 9.59 Å². The van der Waals surface area contributed by atoms with Gasteiger partial charge in [-0.3, -0.25) is 9.59 Å². The van der Waals surface area contributed by atoms with E-state index in [-0.39, 0.29) is 11.8 Å². The minimum absolute atomic E-state index is 0.218. The van der Waals surface area contributed by atoms with Crippen molar-refractivity contribution in [3.63, 3.8) is 0 Å². The topological polar surface area (TPSA) is 58.2 Å². The first kappa shape index (κ1) is 15.8. The van der Waals surface area contributed by atoms with E-state index in [9.17, 15) is 9.59 Å². The summed E-state index contributed by atoms with van der Waals surface area (Å²) in [5.74, 6) is -0.440. The second kappa shape index (κ2) is 7.41. The van der Waals surface area contributed by atoms with E-state index in [2.05, 4.69) is 10.6 Å². The highest BCUT2D eigenvalue weighted by atomic mass is 16.2. The van der Waals surface area contributed by atoms with E-state index >= 15 is 0 Å². The van der Waals surface area contributed by atoms with Crippen molar-refractivity contribution in [1.82, 2.24) is 5.32 Å². The van der Waals surface area contributed by atoms with Crippen LogP contribution in [0.25, 0.3) is 0 Å². The van der Waals surface area contributed by atoms with Gasteiger partial charge in [-0.1, -0.05) is 42.5 Å². The molecule has 4 nitrogen and oxygen atoms in total. The number of hydrogen-bond donors (Lipinski definition) is 2. The van der Waals surface area contributed by atoms with Crippen molar-refractivity contribution in [3.05, 3.63) is 65.7 Å². The Morgan fingerprint density at radius 1 is 1.05 bits per heavy atom. The van der Waals surface area contributed by atoms with Gasteiger partial charge in [-0.25, -0.2) is 0 Å². The fraction of sp³-hybridized carbons (Fsp3) is 0.222. The lowest BCUT2D eigenvalue weighted by molar-refractivity contribution is -0.125. The third kappa shape index (κ3) is 4.74. The van der Waals surface area contributed by atoms with Crippen LogP contribution in [0.5, 0.6) is 0 Å². The van der Waals surface area contributed by atoms with Gasteiger partial charge in [-0.2, -0.15) is 0 Å². The van der Waals surface area contributed by atoms with Gasteiger partial charge in [-0.05, 0) is 30.2 Å². The Morgan fingerprint density at radius 3 is 2.41 bits per heavy atom. The number of rotatable bonds is 5. The monoisotopic (exact) mass is 296 g/mol. The molecule has 2 amide bonds.